The van der Waals surface area contributed by atoms with Crippen LogP contribution in [0.3, 0.4) is 0 Å². The molecular formula is C20H20N4OS2. The standard InChI is InChI=1S/C20H20N4OS2/c1-13(18-22-23-19(25-18)17-9-5-11-26-17)24-10-4-6-14(12-24)20-21-15-7-2-3-8-16(15)27-20/h2-3,5,7-9,11,13-14H,4,6,10,12H2,1H3/t13-,14-/m1/s1. The van der Waals surface area contributed by atoms with Gasteiger partial charge in [-0.2, -0.15) is 0 Å². The molecule has 7 heteroatoms. The Morgan fingerprint density at radius 3 is 2.96 bits per heavy atom. The van der Waals surface area contributed by atoms with Crippen molar-refractivity contribution in [2.45, 2.75) is 31.7 Å². The lowest BCUT2D eigenvalue weighted by molar-refractivity contribution is 0.139. The molecule has 138 valence electrons. The third-order valence-corrected chi connectivity index (χ3v) is 7.25. The molecule has 3 aromatic heterocycles. The van der Waals surface area contributed by atoms with Gasteiger partial charge in [-0.15, -0.1) is 32.9 Å². The summed E-state index contributed by atoms with van der Waals surface area (Å²) in [5.74, 6) is 1.79. The predicted molar refractivity (Wildman–Crippen MR) is 109 cm³/mol. The molecule has 0 spiro atoms. The summed E-state index contributed by atoms with van der Waals surface area (Å²) in [6, 6.07) is 12.5. The minimum atomic E-state index is 0.114. The molecule has 0 aliphatic carbocycles. The van der Waals surface area contributed by atoms with Gasteiger partial charge in [0.1, 0.15) is 0 Å². The zero-order valence-corrected chi connectivity index (χ0v) is 16.7. The average Bonchev–Trinajstić information content (AvgIpc) is 3.47. The lowest BCUT2D eigenvalue weighted by Crippen LogP contribution is -2.36. The molecule has 5 rings (SSSR count). The summed E-state index contributed by atoms with van der Waals surface area (Å²) in [5, 5.41) is 11.8. The van der Waals surface area contributed by atoms with E-state index in [0.717, 1.165) is 29.9 Å². The van der Waals surface area contributed by atoms with Gasteiger partial charge in [-0.1, -0.05) is 18.2 Å². The van der Waals surface area contributed by atoms with E-state index in [1.807, 2.05) is 28.8 Å². The van der Waals surface area contributed by atoms with Crippen molar-refractivity contribution < 1.29 is 4.42 Å². The molecule has 0 amide bonds. The minimum Gasteiger partial charge on any atom is -0.418 e. The molecule has 4 aromatic rings. The number of thiophene rings is 1. The first-order valence-electron chi connectivity index (χ1n) is 9.25. The third-order valence-electron chi connectivity index (χ3n) is 5.19. The molecule has 5 nitrogen and oxygen atoms in total. The predicted octanol–water partition coefficient (Wildman–Crippen LogP) is 5.35. The number of fused-ring (bicyclic) bond motifs is 1. The SMILES string of the molecule is C[C@H](c1nnc(-c2cccs2)o1)N1CCC[C@@H](c2nc3ccccc3s2)C1. The number of para-hydroxylation sites is 1. The maximum Gasteiger partial charge on any atom is 0.257 e. The normalized spacial score (nSPS) is 19.5. The van der Waals surface area contributed by atoms with Crippen LogP contribution in [0.4, 0.5) is 0 Å². The van der Waals surface area contributed by atoms with Gasteiger partial charge in [-0.3, -0.25) is 4.90 Å². The number of benzene rings is 1. The van der Waals surface area contributed by atoms with Crippen molar-refractivity contribution in [2.75, 3.05) is 13.1 Å². The second kappa shape index (κ2) is 7.14. The molecule has 1 aliphatic heterocycles. The molecule has 1 aromatic carbocycles. The van der Waals surface area contributed by atoms with E-state index in [0.29, 0.717) is 17.7 Å². The quantitative estimate of drug-likeness (QED) is 0.465. The second-order valence-corrected chi connectivity index (χ2v) is 8.96. The van der Waals surface area contributed by atoms with Gasteiger partial charge in [0.15, 0.2) is 0 Å². The highest BCUT2D eigenvalue weighted by atomic mass is 32.1. The summed E-state index contributed by atoms with van der Waals surface area (Å²) in [6.07, 6.45) is 2.35. The van der Waals surface area contributed by atoms with E-state index >= 15 is 0 Å². The molecule has 0 unspecified atom stereocenters. The maximum atomic E-state index is 5.97. The third kappa shape index (κ3) is 3.31. The molecule has 1 saturated heterocycles. The van der Waals surface area contributed by atoms with Crippen molar-refractivity contribution in [2.24, 2.45) is 0 Å². The molecule has 2 atom stereocenters. The van der Waals surface area contributed by atoms with E-state index in [4.69, 9.17) is 9.40 Å². The van der Waals surface area contributed by atoms with Crippen LogP contribution in [0.1, 0.15) is 42.6 Å². The van der Waals surface area contributed by atoms with Crippen molar-refractivity contribution in [3.8, 4) is 10.8 Å². The number of nitrogens with zero attached hydrogens (tertiary/aromatic N) is 4. The number of aromatic nitrogens is 3. The Kier molecular flexibility index (Phi) is 4.51. The lowest BCUT2D eigenvalue weighted by atomic mass is 9.97. The number of hydrogen-bond donors (Lipinski definition) is 0. The van der Waals surface area contributed by atoms with Gasteiger partial charge in [0.2, 0.25) is 5.89 Å². The van der Waals surface area contributed by atoms with Gasteiger partial charge in [-0.25, -0.2) is 4.98 Å². The van der Waals surface area contributed by atoms with E-state index in [2.05, 4.69) is 46.3 Å². The molecule has 0 bridgehead atoms. The molecular weight excluding hydrogens is 376 g/mol. The average molecular weight is 397 g/mol. The lowest BCUT2D eigenvalue weighted by Gasteiger charge is -2.34. The zero-order chi connectivity index (χ0) is 18.2. The highest BCUT2D eigenvalue weighted by Crippen LogP contribution is 2.36. The fraction of sp³-hybridized carbons (Fsp3) is 0.350. The first-order chi connectivity index (χ1) is 13.3. The van der Waals surface area contributed by atoms with Crippen LogP contribution in [0, 0.1) is 0 Å². The van der Waals surface area contributed by atoms with E-state index in [-0.39, 0.29) is 6.04 Å². The van der Waals surface area contributed by atoms with Crippen LogP contribution in [0.5, 0.6) is 0 Å². The summed E-state index contributed by atoms with van der Waals surface area (Å²) in [4.78, 5) is 8.35. The number of piperidine rings is 1. The van der Waals surface area contributed by atoms with Gasteiger partial charge in [-0.05, 0) is 49.9 Å². The highest BCUT2D eigenvalue weighted by Gasteiger charge is 2.29. The van der Waals surface area contributed by atoms with E-state index in [1.165, 1.54) is 16.1 Å². The summed E-state index contributed by atoms with van der Waals surface area (Å²) in [5.41, 5.74) is 1.11. The monoisotopic (exact) mass is 396 g/mol. The van der Waals surface area contributed by atoms with Crippen molar-refractivity contribution in [3.63, 3.8) is 0 Å². The van der Waals surface area contributed by atoms with Gasteiger partial charge in [0.25, 0.3) is 5.89 Å². The van der Waals surface area contributed by atoms with Crippen LogP contribution in [0.2, 0.25) is 0 Å². The summed E-state index contributed by atoms with van der Waals surface area (Å²) < 4.78 is 7.24. The van der Waals surface area contributed by atoms with E-state index < -0.39 is 0 Å². The first kappa shape index (κ1) is 17.0. The number of thiazole rings is 1. The minimum absolute atomic E-state index is 0.114. The van der Waals surface area contributed by atoms with Gasteiger partial charge in [0, 0.05) is 12.5 Å². The van der Waals surface area contributed by atoms with Crippen molar-refractivity contribution in [1.29, 1.82) is 0 Å². The Morgan fingerprint density at radius 1 is 1.19 bits per heavy atom. The van der Waals surface area contributed by atoms with Crippen LogP contribution in [-0.4, -0.2) is 33.2 Å². The smallest absolute Gasteiger partial charge is 0.257 e. The number of likely N-dealkylation sites (tertiary alicyclic amines) is 1. The largest absolute Gasteiger partial charge is 0.418 e. The van der Waals surface area contributed by atoms with Gasteiger partial charge in [0.05, 0.1) is 26.1 Å². The van der Waals surface area contributed by atoms with Crippen LogP contribution >= 0.6 is 22.7 Å². The molecule has 27 heavy (non-hydrogen) atoms. The topological polar surface area (TPSA) is 55.1 Å². The van der Waals surface area contributed by atoms with Gasteiger partial charge >= 0.3 is 0 Å². The number of hydrogen-bond acceptors (Lipinski definition) is 7. The second-order valence-electron chi connectivity index (χ2n) is 6.95. The Morgan fingerprint density at radius 2 is 2.11 bits per heavy atom. The Bertz CT molecular complexity index is 1010. The Labute approximate surface area is 165 Å². The van der Waals surface area contributed by atoms with Crippen LogP contribution < -0.4 is 0 Å². The summed E-state index contributed by atoms with van der Waals surface area (Å²) in [7, 11) is 0. The molecule has 0 saturated carbocycles. The summed E-state index contributed by atoms with van der Waals surface area (Å²) in [6.45, 7) is 4.20. The molecule has 0 radical (unpaired) electrons. The molecule has 0 N–H and O–H groups in total. The van der Waals surface area contributed by atoms with Crippen molar-refractivity contribution in [1.82, 2.24) is 20.1 Å². The number of rotatable bonds is 4. The van der Waals surface area contributed by atoms with Crippen LogP contribution in [-0.2, 0) is 0 Å². The van der Waals surface area contributed by atoms with Crippen LogP contribution in [0.25, 0.3) is 21.0 Å². The van der Waals surface area contributed by atoms with E-state index in [9.17, 15) is 0 Å². The van der Waals surface area contributed by atoms with Crippen molar-refractivity contribution in [3.05, 3.63) is 52.7 Å². The molecule has 1 aliphatic rings. The maximum absolute atomic E-state index is 5.97. The summed E-state index contributed by atoms with van der Waals surface area (Å²) >= 11 is 3.45. The van der Waals surface area contributed by atoms with Crippen molar-refractivity contribution >= 4 is 32.9 Å². The molecule has 4 heterocycles. The highest BCUT2D eigenvalue weighted by molar-refractivity contribution is 7.18. The molecule has 1 fully saturated rings. The van der Waals surface area contributed by atoms with Crippen LogP contribution in [0.15, 0.2) is 46.2 Å². The zero-order valence-electron chi connectivity index (χ0n) is 15.0. The first-order valence-corrected chi connectivity index (χ1v) is 10.9. The van der Waals surface area contributed by atoms with Gasteiger partial charge < -0.3 is 4.42 Å². The fourth-order valence-electron chi connectivity index (χ4n) is 3.68. The Balaban J connectivity index is 1.34. The Hall–Kier alpha value is -2.09. The van der Waals surface area contributed by atoms with E-state index in [1.54, 1.807) is 11.3 Å². The fourth-order valence-corrected chi connectivity index (χ4v) is 5.42.